The van der Waals surface area contributed by atoms with Crippen LogP contribution in [-0.4, -0.2) is 55.3 Å². The molecule has 112 valence electrons. The van der Waals surface area contributed by atoms with Gasteiger partial charge in [0, 0.05) is 6.54 Å². The van der Waals surface area contributed by atoms with Gasteiger partial charge >= 0.3 is 0 Å². The molecule has 7 nitrogen and oxygen atoms in total. The molecule has 1 unspecified atom stereocenters. The Balaban J connectivity index is 0.00000200. The summed E-state index contributed by atoms with van der Waals surface area (Å²) < 4.78 is 1.81. The van der Waals surface area contributed by atoms with Crippen molar-refractivity contribution in [3.63, 3.8) is 0 Å². The van der Waals surface area contributed by atoms with Crippen LogP contribution in [0.2, 0.25) is 0 Å². The molecular formula is C12H21ClN6O. The normalized spacial score (nSPS) is 12.6. The molecule has 1 atom stereocenters. The number of imidazole rings is 1. The molecule has 2 heterocycles. The lowest BCUT2D eigenvalue weighted by Crippen LogP contribution is -2.34. The maximum absolute atomic E-state index is 10.1. The van der Waals surface area contributed by atoms with E-state index >= 15 is 0 Å². The second kappa shape index (κ2) is 7.37. The number of fused-ring (bicyclic) bond motifs is 1. The molecule has 2 aromatic rings. The van der Waals surface area contributed by atoms with E-state index in [2.05, 4.69) is 33.7 Å². The van der Waals surface area contributed by atoms with Crippen LogP contribution >= 0.6 is 12.4 Å². The van der Waals surface area contributed by atoms with Crippen LogP contribution in [0.15, 0.2) is 12.7 Å². The molecule has 3 N–H and O–H groups in total. The van der Waals surface area contributed by atoms with E-state index in [9.17, 15) is 5.11 Å². The predicted molar refractivity (Wildman–Crippen MR) is 80.8 cm³/mol. The summed E-state index contributed by atoms with van der Waals surface area (Å²) in [4.78, 5) is 14.4. The fraction of sp³-hybridized carbons (Fsp3) is 0.583. The Kier molecular flexibility index (Phi) is 6.12. The van der Waals surface area contributed by atoms with Gasteiger partial charge in [-0.25, -0.2) is 15.0 Å². The van der Waals surface area contributed by atoms with Crippen molar-refractivity contribution in [2.24, 2.45) is 0 Å². The molecule has 0 aliphatic carbocycles. The van der Waals surface area contributed by atoms with Gasteiger partial charge in [-0.15, -0.1) is 12.4 Å². The average Bonchev–Trinajstić information content (AvgIpc) is 2.81. The minimum absolute atomic E-state index is 0. The van der Waals surface area contributed by atoms with Gasteiger partial charge in [-0.2, -0.15) is 0 Å². The number of aliphatic hydroxyl groups is 1. The summed E-state index contributed by atoms with van der Waals surface area (Å²) >= 11 is 0. The van der Waals surface area contributed by atoms with E-state index in [1.807, 2.05) is 4.57 Å². The minimum atomic E-state index is -0.464. The van der Waals surface area contributed by atoms with Gasteiger partial charge in [0.15, 0.2) is 11.5 Å². The van der Waals surface area contributed by atoms with E-state index < -0.39 is 6.10 Å². The van der Waals surface area contributed by atoms with Crippen molar-refractivity contribution >= 4 is 29.4 Å². The number of halogens is 1. The topological polar surface area (TPSA) is 93.1 Å². The first-order chi connectivity index (χ1) is 9.15. The maximum atomic E-state index is 10.1. The molecule has 0 aliphatic heterocycles. The van der Waals surface area contributed by atoms with Crippen LogP contribution in [0.25, 0.3) is 11.2 Å². The first-order valence-corrected chi connectivity index (χ1v) is 6.47. The zero-order chi connectivity index (χ0) is 13.8. The molecule has 0 aliphatic rings. The van der Waals surface area contributed by atoms with Crippen molar-refractivity contribution in [1.82, 2.24) is 24.4 Å². The number of nitrogen functional groups attached to an aromatic ring is 1. The van der Waals surface area contributed by atoms with Crippen molar-refractivity contribution in [3.8, 4) is 0 Å². The van der Waals surface area contributed by atoms with Crippen molar-refractivity contribution in [2.75, 3.05) is 25.4 Å². The first-order valence-electron chi connectivity index (χ1n) is 6.47. The number of nitrogens with zero attached hydrogens (tertiary/aromatic N) is 5. The Hall–Kier alpha value is -1.44. The number of anilines is 1. The van der Waals surface area contributed by atoms with Crippen LogP contribution in [0, 0.1) is 0 Å². The summed E-state index contributed by atoms with van der Waals surface area (Å²) in [6, 6.07) is 0. The highest BCUT2D eigenvalue weighted by Crippen LogP contribution is 2.14. The third kappa shape index (κ3) is 3.56. The largest absolute Gasteiger partial charge is 0.390 e. The standard InChI is InChI=1S/C12H20N6O.ClH/c1-3-17(4-2)5-9(19)6-18-8-16-10-11(13)14-7-15-12(10)18;/h7-9,19H,3-6H2,1-2H3,(H2,13,14,15);1H. The molecule has 2 rings (SSSR count). The molecule has 2 aromatic heterocycles. The van der Waals surface area contributed by atoms with Gasteiger partial charge in [-0.05, 0) is 13.1 Å². The molecule has 8 heteroatoms. The molecule has 0 amide bonds. The zero-order valence-electron chi connectivity index (χ0n) is 11.7. The molecular weight excluding hydrogens is 280 g/mol. The van der Waals surface area contributed by atoms with Crippen LogP contribution in [0.3, 0.4) is 0 Å². The van der Waals surface area contributed by atoms with Crippen LogP contribution in [0.4, 0.5) is 5.82 Å². The molecule has 0 bridgehead atoms. The summed E-state index contributed by atoms with van der Waals surface area (Å²) in [6.45, 7) is 7.09. The Labute approximate surface area is 124 Å². The smallest absolute Gasteiger partial charge is 0.165 e. The summed E-state index contributed by atoms with van der Waals surface area (Å²) in [5.74, 6) is 0.363. The van der Waals surface area contributed by atoms with Gasteiger partial charge in [-0.1, -0.05) is 13.8 Å². The fourth-order valence-electron chi connectivity index (χ4n) is 2.10. The van der Waals surface area contributed by atoms with Gasteiger partial charge in [0.1, 0.15) is 11.8 Å². The SMILES string of the molecule is CCN(CC)CC(O)Cn1cnc2c(N)ncnc21.Cl. The average molecular weight is 301 g/mol. The van der Waals surface area contributed by atoms with Gasteiger partial charge < -0.3 is 20.3 Å². The maximum Gasteiger partial charge on any atom is 0.165 e. The lowest BCUT2D eigenvalue weighted by molar-refractivity contribution is 0.104. The van der Waals surface area contributed by atoms with Crippen LogP contribution in [0.5, 0.6) is 0 Å². The van der Waals surface area contributed by atoms with E-state index in [4.69, 9.17) is 5.73 Å². The molecule has 0 saturated carbocycles. The van der Waals surface area contributed by atoms with Gasteiger partial charge in [0.2, 0.25) is 0 Å². The van der Waals surface area contributed by atoms with Gasteiger partial charge in [0.25, 0.3) is 0 Å². The van der Waals surface area contributed by atoms with Gasteiger partial charge in [-0.3, -0.25) is 0 Å². The van der Waals surface area contributed by atoms with Crippen molar-refractivity contribution < 1.29 is 5.11 Å². The third-order valence-electron chi connectivity index (χ3n) is 3.20. The lowest BCUT2D eigenvalue weighted by Gasteiger charge is -2.22. The molecule has 20 heavy (non-hydrogen) atoms. The summed E-state index contributed by atoms with van der Waals surface area (Å²) in [7, 11) is 0. The number of likely N-dealkylation sites (N-methyl/N-ethyl adjacent to an activating group) is 1. The van der Waals surface area contributed by atoms with E-state index in [0.29, 0.717) is 30.1 Å². The van der Waals surface area contributed by atoms with E-state index in [-0.39, 0.29) is 12.4 Å². The summed E-state index contributed by atoms with van der Waals surface area (Å²) in [5, 5.41) is 10.1. The van der Waals surface area contributed by atoms with E-state index in [1.165, 1.54) is 6.33 Å². The number of rotatable bonds is 6. The Bertz CT molecular complexity index is 542. The molecule has 0 spiro atoms. The third-order valence-corrected chi connectivity index (χ3v) is 3.20. The Morgan fingerprint density at radius 1 is 1.30 bits per heavy atom. The lowest BCUT2D eigenvalue weighted by atomic mass is 10.3. The molecule has 0 saturated heterocycles. The summed E-state index contributed by atoms with van der Waals surface area (Å²) in [6.07, 6.45) is 2.59. The highest BCUT2D eigenvalue weighted by Gasteiger charge is 2.13. The molecule has 0 aromatic carbocycles. The van der Waals surface area contributed by atoms with E-state index in [0.717, 1.165) is 13.1 Å². The number of aliphatic hydroxyl groups excluding tert-OH is 1. The Morgan fingerprint density at radius 3 is 2.65 bits per heavy atom. The monoisotopic (exact) mass is 300 g/mol. The number of aromatic nitrogens is 4. The van der Waals surface area contributed by atoms with Gasteiger partial charge in [0.05, 0.1) is 19.0 Å². The van der Waals surface area contributed by atoms with Crippen molar-refractivity contribution in [3.05, 3.63) is 12.7 Å². The van der Waals surface area contributed by atoms with Crippen molar-refractivity contribution in [2.45, 2.75) is 26.5 Å². The fourth-order valence-corrected chi connectivity index (χ4v) is 2.10. The second-order valence-electron chi connectivity index (χ2n) is 4.47. The van der Waals surface area contributed by atoms with Crippen molar-refractivity contribution in [1.29, 1.82) is 0 Å². The Morgan fingerprint density at radius 2 is 2.00 bits per heavy atom. The quantitative estimate of drug-likeness (QED) is 0.808. The first kappa shape index (κ1) is 16.6. The highest BCUT2D eigenvalue weighted by molar-refractivity contribution is 5.85. The highest BCUT2D eigenvalue weighted by atomic mass is 35.5. The zero-order valence-corrected chi connectivity index (χ0v) is 12.5. The van der Waals surface area contributed by atoms with E-state index in [1.54, 1.807) is 6.33 Å². The van der Waals surface area contributed by atoms with Crippen LogP contribution < -0.4 is 5.73 Å². The van der Waals surface area contributed by atoms with Crippen LogP contribution in [0.1, 0.15) is 13.8 Å². The second-order valence-corrected chi connectivity index (χ2v) is 4.47. The minimum Gasteiger partial charge on any atom is -0.390 e. The molecule has 0 fully saturated rings. The number of hydrogen-bond acceptors (Lipinski definition) is 6. The summed E-state index contributed by atoms with van der Waals surface area (Å²) in [5.41, 5.74) is 6.97. The molecule has 0 radical (unpaired) electrons. The number of hydrogen-bond donors (Lipinski definition) is 2. The number of nitrogens with two attached hydrogens (primary N) is 1. The van der Waals surface area contributed by atoms with Crippen LogP contribution in [-0.2, 0) is 6.54 Å². The predicted octanol–water partition coefficient (Wildman–Crippen LogP) is 0.533.